The van der Waals surface area contributed by atoms with E-state index in [-0.39, 0.29) is 24.2 Å². The minimum Gasteiger partial charge on any atom is -0.484 e. The molecule has 2 amide bonds. The Morgan fingerprint density at radius 2 is 1.65 bits per heavy atom. The molecule has 1 saturated heterocycles. The van der Waals surface area contributed by atoms with Gasteiger partial charge in [0.25, 0.3) is 5.91 Å². The normalized spacial score (nSPS) is 15.5. The van der Waals surface area contributed by atoms with Crippen molar-refractivity contribution in [3.8, 4) is 5.75 Å². The van der Waals surface area contributed by atoms with Crippen LogP contribution >= 0.6 is 0 Å². The molecule has 2 N–H and O–H groups in total. The monoisotopic (exact) mass is 323 g/mol. The van der Waals surface area contributed by atoms with Crippen molar-refractivity contribution in [3.63, 3.8) is 0 Å². The van der Waals surface area contributed by atoms with Gasteiger partial charge in [-0.05, 0) is 38.1 Å². The van der Waals surface area contributed by atoms with Crippen LogP contribution in [0.15, 0.2) is 24.3 Å². The van der Waals surface area contributed by atoms with Crippen molar-refractivity contribution < 1.29 is 18.7 Å². The lowest BCUT2D eigenvalue weighted by atomic mass is 10.0. The topological polar surface area (TPSA) is 75.9 Å². The second-order valence-electron chi connectivity index (χ2n) is 6.14. The van der Waals surface area contributed by atoms with E-state index in [1.165, 1.54) is 24.3 Å². The summed E-state index contributed by atoms with van der Waals surface area (Å²) in [5.41, 5.74) is 4.90. The fourth-order valence-corrected chi connectivity index (χ4v) is 2.33. The number of hydrogen-bond donors (Lipinski definition) is 1. The molecule has 0 unspecified atom stereocenters. The zero-order valence-electron chi connectivity index (χ0n) is 13.4. The van der Waals surface area contributed by atoms with Gasteiger partial charge in [0.15, 0.2) is 6.61 Å². The molecule has 1 aromatic carbocycles. The number of benzene rings is 1. The summed E-state index contributed by atoms with van der Waals surface area (Å²) in [5, 5.41) is 0. The van der Waals surface area contributed by atoms with E-state index in [1.807, 2.05) is 0 Å². The summed E-state index contributed by atoms with van der Waals surface area (Å²) in [6.07, 6.45) is 0. The van der Waals surface area contributed by atoms with Crippen LogP contribution in [0.5, 0.6) is 5.75 Å². The van der Waals surface area contributed by atoms with Crippen LogP contribution in [0.1, 0.15) is 13.8 Å². The van der Waals surface area contributed by atoms with Crippen LogP contribution in [0.4, 0.5) is 4.39 Å². The van der Waals surface area contributed by atoms with Gasteiger partial charge in [-0.1, -0.05) is 0 Å². The first-order valence-corrected chi connectivity index (χ1v) is 7.52. The average Bonchev–Trinajstić information content (AvgIpc) is 2.52. The number of rotatable bonds is 4. The summed E-state index contributed by atoms with van der Waals surface area (Å²) in [5.74, 6) is -0.189. The van der Waals surface area contributed by atoms with Crippen LogP contribution in [-0.4, -0.2) is 59.9 Å². The zero-order valence-corrected chi connectivity index (χ0v) is 13.4. The van der Waals surface area contributed by atoms with Crippen LogP contribution in [0.2, 0.25) is 0 Å². The number of halogens is 1. The van der Waals surface area contributed by atoms with Crippen molar-refractivity contribution in [1.82, 2.24) is 9.80 Å². The average molecular weight is 323 g/mol. The molecule has 1 aromatic rings. The SMILES string of the molecule is CC(C)(N)C(=O)N1CCN(C(=O)COc2ccc(F)cc2)CC1. The highest BCUT2D eigenvalue weighted by molar-refractivity contribution is 5.85. The Kier molecular flexibility index (Phi) is 5.20. The van der Waals surface area contributed by atoms with E-state index in [1.54, 1.807) is 23.6 Å². The molecule has 7 heteroatoms. The Morgan fingerprint density at radius 3 is 2.17 bits per heavy atom. The lowest BCUT2D eigenvalue weighted by Crippen LogP contribution is -2.58. The van der Waals surface area contributed by atoms with Gasteiger partial charge in [-0.3, -0.25) is 9.59 Å². The minimum atomic E-state index is -0.905. The molecule has 0 saturated carbocycles. The van der Waals surface area contributed by atoms with E-state index in [2.05, 4.69) is 0 Å². The summed E-state index contributed by atoms with van der Waals surface area (Å²) in [6, 6.07) is 5.50. The van der Waals surface area contributed by atoms with Crippen LogP contribution in [0.3, 0.4) is 0 Å². The summed E-state index contributed by atoms with van der Waals surface area (Å²) >= 11 is 0. The highest BCUT2D eigenvalue weighted by Gasteiger charge is 2.31. The van der Waals surface area contributed by atoms with Crippen molar-refractivity contribution in [2.45, 2.75) is 19.4 Å². The van der Waals surface area contributed by atoms with Gasteiger partial charge in [-0.25, -0.2) is 4.39 Å². The molecule has 23 heavy (non-hydrogen) atoms. The Hall–Kier alpha value is -2.15. The Morgan fingerprint density at radius 1 is 1.13 bits per heavy atom. The third-order valence-corrected chi connectivity index (χ3v) is 3.65. The largest absolute Gasteiger partial charge is 0.484 e. The van der Waals surface area contributed by atoms with Crippen molar-refractivity contribution in [2.75, 3.05) is 32.8 Å². The smallest absolute Gasteiger partial charge is 0.260 e. The molecule has 0 bridgehead atoms. The molecular formula is C16H22FN3O3. The van der Waals surface area contributed by atoms with Crippen LogP contribution in [-0.2, 0) is 9.59 Å². The van der Waals surface area contributed by atoms with Crippen molar-refractivity contribution in [3.05, 3.63) is 30.1 Å². The van der Waals surface area contributed by atoms with E-state index in [0.717, 1.165) is 0 Å². The standard InChI is InChI=1S/C16H22FN3O3/c1-16(2,18)15(22)20-9-7-19(8-10-20)14(21)11-23-13-5-3-12(17)4-6-13/h3-6H,7-11,18H2,1-2H3. The summed E-state index contributed by atoms with van der Waals surface area (Å²) in [7, 11) is 0. The molecule has 0 atom stereocenters. The third-order valence-electron chi connectivity index (χ3n) is 3.65. The maximum absolute atomic E-state index is 12.8. The van der Waals surface area contributed by atoms with Crippen LogP contribution in [0, 0.1) is 5.82 Å². The van der Waals surface area contributed by atoms with Crippen LogP contribution in [0.25, 0.3) is 0 Å². The first-order chi connectivity index (χ1) is 10.8. The van der Waals surface area contributed by atoms with Gasteiger partial charge in [-0.2, -0.15) is 0 Å². The van der Waals surface area contributed by atoms with Gasteiger partial charge in [-0.15, -0.1) is 0 Å². The molecule has 0 aliphatic carbocycles. The van der Waals surface area contributed by atoms with Gasteiger partial charge in [0.05, 0.1) is 5.54 Å². The number of amides is 2. The summed E-state index contributed by atoms with van der Waals surface area (Å²) in [6.45, 7) is 5.05. The number of piperazine rings is 1. The molecule has 6 nitrogen and oxygen atoms in total. The molecule has 126 valence electrons. The lowest BCUT2D eigenvalue weighted by Gasteiger charge is -2.37. The van der Waals surface area contributed by atoms with E-state index < -0.39 is 5.54 Å². The van der Waals surface area contributed by atoms with Gasteiger partial charge in [0, 0.05) is 26.2 Å². The highest BCUT2D eigenvalue weighted by atomic mass is 19.1. The predicted octanol–water partition coefficient (Wildman–Crippen LogP) is 0.613. The Labute approximate surface area is 135 Å². The molecular weight excluding hydrogens is 301 g/mol. The molecule has 0 spiro atoms. The molecule has 0 aromatic heterocycles. The van der Waals surface area contributed by atoms with Crippen molar-refractivity contribution >= 4 is 11.8 Å². The molecule has 1 fully saturated rings. The van der Waals surface area contributed by atoms with Crippen LogP contribution < -0.4 is 10.5 Å². The zero-order chi connectivity index (χ0) is 17.0. The highest BCUT2D eigenvalue weighted by Crippen LogP contribution is 2.12. The van der Waals surface area contributed by atoms with E-state index in [4.69, 9.17) is 10.5 Å². The lowest BCUT2D eigenvalue weighted by molar-refractivity contribution is -0.143. The molecule has 1 aliphatic heterocycles. The van der Waals surface area contributed by atoms with E-state index in [9.17, 15) is 14.0 Å². The maximum Gasteiger partial charge on any atom is 0.260 e. The second-order valence-corrected chi connectivity index (χ2v) is 6.14. The quantitative estimate of drug-likeness (QED) is 0.881. The van der Waals surface area contributed by atoms with Gasteiger partial charge in [0.2, 0.25) is 5.91 Å². The fraction of sp³-hybridized carbons (Fsp3) is 0.500. The molecule has 0 radical (unpaired) electrons. The fourth-order valence-electron chi connectivity index (χ4n) is 2.33. The number of carbonyl (C=O) groups is 2. The minimum absolute atomic E-state index is 0.109. The van der Waals surface area contributed by atoms with Gasteiger partial charge >= 0.3 is 0 Å². The second kappa shape index (κ2) is 6.95. The summed E-state index contributed by atoms with van der Waals surface area (Å²) < 4.78 is 18.1. The molecule has 1 aliphatic rings. The molecule has 2 rings (SSSR count). The number of nitrogens with two attached hydrogens (primary N) is 1. The van der Waals surface area contributed by atoms with Crippen molar-refractivity contribution in [2.24, 2.45) is 5.73 Å². The van der Waals surface area contributed by atoms with Gasteiger partial charge in [0.1, 0.15) is 11.6 Å². The van der Waals surface area contributed by atoms with E-state index in [0.29, 0.717) is 31.9 Å². The number of carbonyl (C=O) groups excluding carboxylic acids is 2. The first-order valence-electron chi connectivity index (χ1n) is 7.52. The Bertz CT molecular complexity index is 561. The Balaban J connectivity index is 1.79. The van der Waals surface area contributed by atoms with E-state index >= 15 is 0 Å². The maximum atomic E-state index is 12.8. The van der Waals surface area contributed by atoms with Gasteiger partial charge < -0.3 is 20.3 Å². The number of hydrogen-bond acceptors (Lipinski definition) is 4. The first kappa shape index (κ1) is 17.2. The molecule has 1 heterocycles. The number of nitrogens with zero attached hydrogens (tertiary/aromatic N) is 2. The third kappa shape index (κ3) is 4.66. The predicted molar refractivity (Wildman–Crippen MR) is 83.3 cm³/mol. The van der Waals surface area contributed by atoms with Crippen molar-refractivity contribution in [1.29, 1.82) is 0 Å². The summed E-state index contributed by atoms with van der Waals surface area (Å²) in [4.78, 5) is 27.5. The number of ether oxygens (including phenoxy) is 1.